The molecule has 1 aromatic heterocycles. The zero-order valence-electron chi connectivity index (χ0n) is 15.0. The second-order valence-corrected chi connectivity index (χ2v) is 7.13. The lowest BCUT2D eigenvalue weighted by molar-refractivity contribution is 0.316. The van der Waals surface area contributed by atoms with Crippen LogP contribution in [0.15, 0.2) is 60.8 Å². The minimum absolute atomic E-state index is 0.502. The van der Waals surface area contributed by atoms with Crippen molar-refractivity contribution in [1.29, 1.82) is 0 Å². The number of benzene rings is 2. The van der Waals surface area contributed by atoms with E-state index in [2.05, 4.69) is 77.9 Å². The molecule has 3 nitrogen and oxygen atoms in total. The minimum atomic E-state index is 0.502. The van der Waals surface area contributed by atoms with Gasteiger partial charge in [-0.1, -0.05) is 60.2 Å². The number of hydrogen-bond donors (Lipinski definition) is 0. The zero-order valence-corrected chi connectivity index (χ0v) is 15.0. The monoisotopic (exact) mass is 331 g/mol. The van der Waals surface area contributed by atoms with Gasteiger partial charge in [-0.3, -0.25) is 4.90 Å². The van der Waals surface area contributed by atoms with Crippen LogP contribution in [0, 0.1) is 13.8 Å². The summed E-state index contributed by atoms with van der Waals surface area (Å²) >= 11 is 0. The number of aryl methyl sites for hydroxylation is 2. The van der Waals surface area contributed by atoms with Crippen molar-refractivity contribution in [2.75, 3.05) is 13.1 Å². The Hall–Kier alpha value is -2.39. The first-order valence-corrected chi connectivity index (χ1v) is 9.08. The van der Waals surface area contributed by atoms with Gasteiger partial charge < -0.3 is 4.57 Å². The number of likely N-dealkylation sites (tertiary alicyclic amines) is 1. The van der Waals surface area contributed by atoms with Crippen LogP contribution in [-0.2, 0) is 6.54 Å². The van der Waals surface area contributed by atoms with Gasteiger partial charge >= 0.3 is 0 Å². The van der Waals surface area contributed by atoms with Crippen molar-refractivity contribution in [3.05, 3.63) is 77.6 Å². The lowest BCUT2D eigenvalue weighted by Gasteiger charge is -2.20. The van der Waals surface area contributed by atoms with Crippen LogP contribution in [0.3, 0.4) is 0 Å². The zero-order chi connectivity index (χ0) is 17.2. The largest absolute Gasteiger partial charge is 0.324 e. The first kappa shape index (κ1) is 16.1. The van der Waals surface area contributed by atoms with Crippen molar-refractivity contribution in [1.82, 2.24) is 14.5 Å². The van der Waals surface area contributed by atoms with E-state index in [0.717, 1.165) is 25.5 Å². The molecule has 2 aromatic carbocycles. The molecule has 1 fully saturated rings. The van der Waals surface area contributed by atoms with Crippen LogP contribution in [-0.4, -0.2) is 27.5 Å². The van der Waals surface area contributed by atoms with Crippen LogP contribution in [0.1, 0.15) is 29.3 Å². The van der Waals surface area contributed by atoms with E-state index in [0.29, 0.717) is 6.04 Å². The highest BCUT2D eigenvalue weighted by Gasteiger charge is 2.27. The molecule has 0 bridgehead atoms. The fraction of sp³-hybridized carbons (Fsp3) is 0.318. The number of aromatic nitrogens is 2. The van der Waals surface area contributed by atoms with E-state index < -0.39 is 0 Å². The summed E-state index contributed by atoms with van der Waals surface area (Å²) in [5.41, 5.74) is 5.20. The molecule has 25 heavy (non-hydrogen) atoms. The van der Waals surface area contributed by atoms with Gasteiger partial charge in [-0.2, -0.15) is 0 Å². The number of nitrogens with zero attached hydrogens (tertiary/aromatic N) is 3. The summed E-state index contributed by atoms with van der Waals surface area (Å²) in [6, 6.07) is 19.9. The van der Waals surface area contributed by atoms with E-state index in [1.165, 1.54) is 28.8 Å². The predicted molar refractivity (Wildman–Crippen MR) is 103 cm³/mol. The van der Waals surface area contributed by atoms with E-state index in [1.54, 1.807) is 0 Å². The highest BCUT2D eigenvalue weighted by molar-refractivity contribution is 5.56. The topological polar surface area (TPSA) is 21.1 Å². The fourth-order valence-electron chi connectivity index (χ4n) is 3.94. The molecular weight excluding hydrogens is 306 g/mol. The molecule has 0 radical (unpaired) electrons. The Balaban J connectivity index is 1.53. The van der Waals surface area contributed by atoms with Crippen LogP contribution in [0.4, 0.5) is 0 Å². The molecule has 3 aromatic rings. The van der Waals surface area contributed by atoms with E-state index in [-0.39, 0.29) is 0 Å². The molecule has 3 heteroatoms. The lowest BCUT2D eigenvalue weighted by Crippen LogP contribution is -2.22. The maximum atomic E-state index is 4.70. The average Bonchev–Trinajstić information content (AvgIpc) is 3.22. The van der Waals surface area contributed by atoms with Gasteiger partial charge in [0.25, 0.3) is 0 Å². The molecular formula is C22H25N3. The van der Waals surface area contributed by atoms with Gasteiger partial charge in [0, 0.05) is 43.1 Å². The first-order valence-electron chi connectivity index (χ1n) is 9.08. The van der Waals surface area contributed by atoms with Crippen LogP contribution in [0.5, 0.6) is 0 Å². The van der Waals surface area contributed by atoms with Gasteiger partial charge in [0.15, 0.2) is 0 Å². The molecule has 1 unspecified atom stereocenters. The van der Waals surface area contributed by atoms with Gasteiger partial charge in [-0.25, -0.2) is 4.98 Å². The molecule has 2 heterocycles. The molecule has 1 saturated heterocycles. The van der Waals surface area contributed by atoms with E-state index in [9.17, 15) is 0 Å². The van der Waals surface area contributed by atoms with Crippen molar-refractivity contribution in [2.24, 2.45) is 0 Å². The maximum absolute atomic E-state index is 4.70. The molecule has 1 atom stereocenters. The predicted octanol–water partition coefficient (Wildman–Crippen LogP) is 4.61. The summed E-state index contributed by atoms with van der Waals surface area (Å²) < 4.78 is 2.44. The number of rotatable bonds is 4. The van der Waals surface area contributed by atoms with E-state index in [4.69, 9.17) is 4.98 Å². The quantitative estimate of drug-likeness (QED) is 0.696. The highest BCUT2D eigenvalue weighted by atomic mass is 15.2. The Morgan fingerprint density at radius 2 is 1.88 bits per heavy atom. The van der Waals surface area contributed by atoms with Crippen LogP contribution < -0.4 is 0 Å². The Kier molecular flexibility index (Phi) is 4.41. The van der Waals surface area contributed by atoms with Gasteiger partial charge in [0.1, 0.15) is 5.82 Å². The molecule has 0 spiro atoms. The third-order valence-corrected chi connectivity index (χ3v) is 5.12. The van der Waals surface area contributed by atoms with E-state index in [1.807, 2.05) is 6.20 Å². The highest BCUT2D eigenvalue weighted by Crippen LogP contribution is 2.30. The molecule has 0 aliphatic carbocycles. The fourth-order valence-corrected chi connectivity index (χ4v) is 3.94. The summed E-state index contributed by atoms with van der Waals surface area (Å²) in [5, 5.41) is 0. The molecule has 128 valence electrons. The maximum Gasteiger partial charge on any atom is 0.140 e. The number of imidazole rings is 1. The van der Waals surface area contributed by atoms with E-state index >= 15 is 0 Å². The Labute approximate surface area is 149 Å². The standard InChI is InChI=1S/C22H25N3/c1-17-7-6-8-19(13-17)15-24-12-11-21(16-24)25-18(2)14-23-22(25)20-9-4-3-5-10-20/h3-10,13-14,21H,11-12,15-16H2,1-2H3. The van der Waals surface area contributed by atoms with Crippen molar-refractivity contribution >= 4 is 0 Å². The van der Waals surface area contributed by atoms with Gasteiger partial charge in [-0.15, -0.1) is 0 Å². The Morgan fingerprint density at radius 3 is 2.68 bits per heavy atom. The molecule has 0 amide bonds. The van der Waals surface area contributed by atoms with Crippen molar-refractivity contribution in [3.8, 4) is 11.4 Å². The van der Waals surface area contributed by atoms with Crippen molar-refractivity contribution < 1.29 is 0 Å². The lowest BCUT2D eigenvalue weighted by atomic mass is 10.1. The van der Waals surface area contributed by atoms with Crippen molar-refractivity contribution in [3.63, 3.8) is 0 Å². The van der Waals surface area contributed by atoms with Gasteiger partial charge in [0.05, 0.1) is 0 Å². The van der Waals surface area contributed by atoms with Gasteiger partial charge in [-0.05, 0) is 25.8 Å². The Bertz CT molecular complexity index is 851. The third kappa shape index (κ3) is 3.38. The van der Waals surface area contributed by atoms with Crippen LogP contribution in [0.25, 0.3) is 11.4 Å². The summed E-state index contributed by atoms with van der Waals surface area (Å²) in [6.45, 7) is 7.60. The summed E-state index contributed by atoms with van der Waals surface area (Å²) in [4.78, 5) is 7.26. The molecule has 1 aliphatic heterocycles. The minimum Gasteiger partial charge on any atom is -0.324 e. The second kappa shape index (κ2) is 6.85. The molecule has 1 aliphatic rings. The summed E-state index contributed by atoms with van der Waals surface area (Å²) in [5.74, 6) is 1.10. The Morgan fingerprint density at radius 1 is 1.04 bits per heavy atom. The van der Waals surface area contributed by atoms with Crippen LogP contribution >= 0.6 is 0 Å². The second-order valence-electron chi connectivity index (χ2n) is 7.13. The number of hydrogen-bond acceptors (Lipinski definition) is 2. The normalized spacial score (nSPS) is 17.9. The third-order valence-electron chi connectivity index (χ3n) is 5.12. The molecule has 0 saturated carbocycles. The average molecular weight is 331 g/mol. The molecule has 0 N–H and O–H groups in total. The summed E-state index contributed by atoms with van der Waals surface area (Å²) in [7, 11) is 0. The smallest absolute Gasteiger partial charge is 0.140 e. The summed E-state index contributed by atoms with van der Waals surface area (Å²) in [6.07, 6.45) is 3.19. The van der Waals surface area contributed by atoms with Crippen LogP contribution in [0.2, 0.25) is 0 Å². The SMILES string of the molecule is Cc1cccc(CN2CCC(n3c(C)cnc3-c3ccccc3)C2)c1. The van der Waals surface area contributed by atoms with Gasteiger partial charge in [0.2, 0.25) is 0 Å². The first-order chi connectivity index (χ1) is 12.2. The molecule has 4 rings (SSSR count). The van der Waals surface area contributed by atoms with Crippen molar-refractivity contribution in [2.45, 2.75) is 32.9 Å².